The molecule has 0 aliphatic rings. The van der Waals surface area contributed by atoms with Crippen molar-refractivity contribution >= 4 is 11.6 Å². The number of carbonyl (C=O) groups excluding carboxylic acids is 1. The smallest absolute Gasteiger partial charge is 0.248 e. The highest BCUT2D eigenvalue weighted by atomic mass is 16.1. The Labute approximate surface area is 122 Å². The predicted molar refractivity (Wildman–Crippen MR) is 84.5 cm³/mol. The quantitative estimate of drug-likeness (QED) is 0.682. The van der Waals surface area contributed by atoms with Crippen LogP contribution in [0.3, 0.4) is 0 Å². The van der Waals surface area contributed by atoms with Crippen LogP contribution < -0.4 is 11.5 Å². The van der Waals surface area contributed by atoms with Gasteiger partial charge in [-0.1, -0.05) is 32.8 Å². The minimum Gasteiger partial charge on any atom is -0.398 e. The molecule has 20 heavy (non-hydrogen) atoms. The molecule has 0 atom stereocenters. The zero-order valence-corrected chi connectivity index (χ0v) is 12.7. The van der Waals surface area contributed by atoms with Crippen molar-refractivity contribution < 1.29 is 4.79 Å². The van der Waals surface area contributed by atoms with Gasteiger partial charge in [0.25, 0.3) is 0 Å². The molecule has 4 nitrogen and oxygen atoms in total. The molecule has 0 heterocycles. The van der Waals surface area contributed by atoms with Crippen LogP contribution in [0.2, 0.25) is 0 Å². The van der Waals surface area contributed by atoms with Gasteiger partial charge in [0.1, 0.15) is 0 Å². The number of amides is 1. The van der Waals surface area contributed by atoms with Crippen LogP contribution in [0, 0.1) is 0 Å². The largest absolute Gasteiger partial charge is 0.398 e. The lowest BCUT2D eigenvalue weighted by molar-refractivity contribution is 0.100. The Balaban J connectivity index is 2.73. The third-order valence-electron chi connectivity index (χ3n) is 3.48. The highest BCUT2D eigenvalue weighted by Crippen LogP contribution is 2.17. The predicted octanol–water partition coefficient (Wildman–Crippen LogP) is 2.77. The van der Waals surface area contributed by atoms with E-state index < -0.39 is 5.91 Å². The SMILES string of the molecule is CCCCN(CCCC)Cc1ccc(C(N)=O)cc1N. The Hall–Kier alpha value is -1.55. The van der Waals surface area contributed by atoms with Gasteiger partial charge in [0.05, 0.1) is 0 Å². The maximum Gasteiger partial charge on any atom is 0.248 e. The third-order valence-corrected chi connectivity index (χ3v) is 3.48. The lowest BCUT2D eigenvalue weighted by atomic mass is 10.1. The van der Waals surface area contributed by atoms with E-state index in [1.165, 1.54) is 25.7 Å². The maximum absolute atomic E-state index is 11.1. The second kappa shape index (κ2) is 8.59. The molecule has 4 heteroatoms. The summed E-state index contributed by atoms with van der Waals surface area (Å²) in [5, 5.41) is 0. The van der Waals surface area contributed by atoms with Gasteiger partial charge in [-0.05, 0) is 43.6 Å². The van der Waals surface area contributed by atoms with E-state index in [2.05, 4.69) is 18.7 Å². The van der Waals surface area contributed by atoms with Gasteiger partial charge in [0, 0.05) is 17.8 Å². The van der Waals surface area contributed by atoms with Gasteiger partial charge in [-0.3, -0.25) is 9.69 Å². The van der Waals surface area contributed by atoms with Gasteiger partial charge in [0.2, 0.25) is 5.91 Å². The molecule has 0 aliphatic carbocycles. The Bertz CT molecular complexity index is 424. The van der Waals surface area contributed by atoms with Gasteiger partial charge in [-0.25, -0.2) is 0 Å². The Morgan fingerprint density at radius 2 is 1.75 bits per heavy atom. The van der Waals surface area contributed by atoms with Crippen molar-refractivity contribution in [3.05, 3.63) is 29.3 Å². The van der Waals surface area contributed by atoms with E-state index in [1.54, 1.807) is 12.1 Å². The number of nitrogens with two attached hydrogens (primary N) is 2. The molecule has 112 valence electrons. The summed E-state index contributed by atoms with van der Waals surface area (Å²) in [5.74, 6) is -0.433. The number of benzene rings is 1. The number of hydrogen-bond acceptors (Lipinski definition) is 3. The molecule has 1 amide bonds. The molecule has 4 N–H and O–H groups in total. The highest BCUT2D eigenvalue weighted by Gasteiger charge is 2.09. The summed E-state index contributed by atoms with van der Waals surface area (Å²) >= 11 is 0. The van der Waals surface area contributed by atoms with Crippen LogP contribution in [0.25, 0.3) is 0 Å². The number of primary amides is 1. The average molecular weight is 277 g/mol. The first-order chi connectivity index (χ1) is 9.58. The first kappa shape index (κ1) is 16.5. The fourth-order valence-corrected chi connectivity index (χ4v) is 2.17. The molecule has 1 aromatic carbocycles. The standard InChI is InChI=1S/C16H27N3O/c1-3-5-9-19(10-6-4-2)12-14-8-7-13(16(18)20)11-15(14)17/h7-8,11H,3-6,9-10,12,17H2,1-2H3,(H2,18,20). The molecular weight excluding hydrogens is 250 g/mol. The number of unbranched alkanes of at least 4 members (excludes halogenated alkanes) is 2. The van der Waals surface area contributed by atoms with E-state index in [9.17, 15) is 4.79 Å². The molecule has 1 rings (SSSR count). The second-order valence-corrected chi connectivity index (χ2v) is 5.26. The molecule has 0 aromatic heterocycles. The Kier molecular flexibility index (Phi) is 7.09. The molecule has 0 spiro atoms. The monoisotopic (exact) mass is 277 g/mol. The van der Waals surface area contributed by atoms with Crippen LogP contribution in [0.5, 0.6) is 0 Å². The number of carbonyl (C=O) groups is 1. The number of nitrogens with zero attached hydrogens (tertiary/aromatic N) is 1. The lowest BCUT2D eigenvalue weighted by Gasteiger charge is -2.23. The van der Waals surface area contributed by atoms with E-state index in [0.717, 1.165) is 25.2 Å². The highest BCUT2D eigenvalue weighted by molar-refractivity contribution is 5.93. The average Bonchev–Trinajstić information content (AvgIpc) is 2.43. The first-order valence-electron chi connectivity index (χ1n) is 7.49. The fourth-order valence-electron chi connectivity index (χ4n) is 2.17. The minimum absolute atomic E-state index is 0.433. The van der Waals surface area contributed by atoms with E-state index in [1.807, 2.05) is 6.07 Å². The van der Waals surface area contributed by atoms with Gasteiger partial charge in [-0.2, -0.15) is 0 Å². The molecule has 0 aliphatic heterocycles. The first-order valence-corrected chi connectivity index (χ1v) is 7.49. The van der Waals surface area contributed by atoms with Crippen molar-refractivity contribution in [1.29, 1.82) is 0 Å². The summed E-state index contributed by atoms with van der Waals surface area (Å²) in [6.45, 7) is 7.42. The number of nitrogen functional groups attached to an aromatic ring is 1. The molecule has 0 fully saturated rings. The van der Waals surface area contributed by atoms with Crippen molar-refractivity contribution in [3.63, 3.8) is 0 Å². The Morgan fingerprint density at radius 3 is 2.20 bits per heavy atom. The Morgan fingerprint density at radius 1 is 1.15 bits per heavy atom. The summed E-state index contributed by atoms with van der Waals surface area (Å²) in [7, 11) is 0. The van der Waals surface area contributed by atoms with Crippen molar-refractivity contribution in [3.8, 4) is 0 Å². The fraction of sp³-hybridized carbons (Fsp3) is 0.562. The topological polar surface area (TPSA) is 72.3 Å². The molecule has 0 radical (unpaired) electrons. The molecule has 0 saturated carbocycles. The van der Waals surface area contributed by atoms with Crippen LogP contribution in [-0.4, -0.2) is 23.9 Å². The molecule has 1 aromatic rings. The molecule has 0 saturated heterocycles. The maximum atomic E-state index is 11.1. The van der Waals surface area contributed by atoms with Gasteiger partial charge in [0.15, 0.2) is 0 Å². The van der Waals surface area contributed by atoms with Gasteiger partial charge >= 0.3 is 0 Å². The normalized spacial score (nSPS) is 10.9. The molecular formula is C16H27N3O. The number of hydrogen-bond donors (Lipinski definition) is 2. The summed E-state index contributed by atoms with van der Waals surface area (Å²) in [6, 6.07) is 5.35. The van der Waals surface area contributed by atoms with E-state index >= 15 is 0 Å². The zero-order chi connectivity index (χ0) is 15.0. The van der Waals surface area contributed by atoms with Gasteiger partial charge < -0.3 is 11.5 Å². The number of rotatable bonds is 9. The van der Waals surface area contributed by atoms with Crippen molar-refractivity contribution in [1.82, 2.24) is 4.90 Å². The summed E-state index contributed by atoms with van der Waals surface area (Å²) < 4.78 is 0. The van der Waals surface area contributed by atoms with E-state index in [0.29, 0.717) is 11.3 Å². The van der Waals surface area contributed by atoms with Crippen molar-refractivity contribution in [2.24, 2.45) is 5.73 Å². The lowest BCUT2D eigenvalue weighted by Crippen LogP contribution is -2.26. The van der Waals surface area contributed by atoms with E-state index in [-0.39, 0.29) is 0 Å². The summed E-state index contributed by atoms with van der Waals surface area (Å²) in [6.07, 6.45) is 4.78. The second-order valence-electron chi connectivity index (χ2n) is 5.26. The summed E-state index contributed by atoms with van der Waals surface area (Å²) in [4.78, 5) is 13.6. The zero-order valence-electron chi connectivity index (χ0n) is 12.7. The molecule has 0 bridgehead atoms. The third kappa shape index (κ3) is 5.21. The van der Waals surface area contributed by atoms with Crippen molar-refractivity contribution in [2.75, 3.05) is 18.8 Å². The van der Waals surface area contributed by atoms with Crippen LogP contribution in [0.15, 0.2) is 18.2 Å². The van der Waals surface area contributed by atoms with Gasteiger partial charge in [-0.15, -0.1) is 0 Å². The molecule has 0 unspecified atom stereocenters. The van der Waals surface area contributed by atoms with Crippen LogP contribution in [-0.2, 0) is 6.54 Å². The summed E-state index contributed by atoms with van der Waals surface area (Å²) in [5.41, 5.74) is 13.5. The van der Waals surface area contributed by atoms with Crippen LogP contribution >= 0.6 is 0 Å². The minimum atomic E-state index is -0.433. The van der Waals surface area contributed by atoms with Crippen LogP contribution in [0.4, 0.5) is 5.69 Å². The number of anilines is 1. The van der Waals surface area contributed by atoms with E-state index in [4.69, 9.17) is 11.5 Å². The van der Waals surface area contributed by atoms with Crippen LogP contribution in [0.1, 0.15) is 55.5 Å². The van der Waals surface area contributed by atoms with Crippen molar-refractivity contribution in [2.45, 2.75) is 46.1 Å².